The van der Waals surface area contributed by atoms with E-state index >= 15 is 0 Å². The first-order chi connectivity index (χ1) is 8.95. The second-order valence-corrected chi connectivity index (χ2v) is 4.60. The van der Waals surface area contributed by atoms with Crippen molar-refractivity contribution in [1.82, 2.24) is 0 Å². The number of nitrogens with two attached hydrogens (primary N) is 1. The fourth-order valence-electron chi connectivity index (χ4n) is 1.92. The number of ether oxygens (including phenoxy) is 1. The summed E-state index contributed by atoms with van der Waals surface area (Å²) in [6, 6.07) is 6.53. The van der Waals surface area contributed by atoms with Crippen LogP contribution in [0.2, 0.25) is 5.02 Å². The lowest BCUT2D eigenvalue weighted by molar-refractivity contribution is 0.374. The number of hydrogen-bond donors (Lipinski definition) is 3. The molecular weight excluding hydrogens is 266 g/mol. The Morgan fingerprint density at radius 2 is 1.84 bits per heavy atom. The van der Waals surface area contributed by atoms with Crippen molar-refractivity contribution >= 4 is 17.3 Å². The molecule has 0 unspecified atom stereocenters. The van der Waals surface area contributed by atoms with Gasteiger partial charge in [0.1, 0.15) is 10.8 Å². The first kappa shape index (κ1) is 13.4. The van der Waals surface area contributed by atoms with Crippen molar-refractivity contribution in [1.29, 1.82) is 0 Å². The van der Waals surface area contributed by atoms with Crippen LogP contribution in [-0.4, -0.2) is 17.3 Å². The molecule has 0 saturated heterocycles. The van der Waals surface area contributed by atoms with E-state index in [1.807, 2.05) is 6.92 Å². The van der Waals surface area contributed by atoms with Crippen LogP contribution in [-0.2, 0) is 0 Å². The molecule has 0 amide bonds. The van der Waals surface area contributed by atoms with Gasteiger partial charge in [0.05, 0.1) is 12.8 Å². The highest BCUT2D eigenvalue weighted by Gasteiger charge is 2.16. The summed E-state index contributed by atoms with van der Waals surface area (Å²) in [5.74, 6) is 0.252. The van der Waals surface area contributed by atoms with Crippen molar-refractivity contribution in [3.8, 4) is 28.4 Å². The van der Waals surface area contributed by atoms with E-state index in [9.17, 15) is 10.2 Å². The van der Waals surface area contributed by atoms with Gasteiger partial charge in [-0.1, -0.05) is 11.6 Å². The number of halogens is 1. The highest BCUT2D eigenvalue weighted by atomic mass is 35.5. The van der Waals surface area contributed by atoms with Gasteiger partial charge in [-0.3, -0.25) is 0 Å². The predicted octanol–water partition coefficient (Wildman–Crippen LogP) is 3.32. The van der Waals surface area contributed by atoms with E-state index in [-0.39, 0.29) is 22.2 Å². The summed E-state index contributed by atoms with van der Waals surface area (Å²) in [4.78, 5) is 0. The van der Waals surface area contributed by atoms with Crippen molar-refractivity contribution in [2.45, 2.75) is 6.92 Å². The summed E-state index contributed by atoms with van der Waals surface area (Å²) in [5, 5.41) is 19.7. The maximum Gasteiger partial charge on any atom is 0.165 e. The minimum atomic E-state index is -0.0953. The molecule has 0 aromatic heterocycles. The van der Waals surface area contributed by atoms with Gasteiger partial charge in [-0.15, -0.1) is 0 Å². The van der Waals surface area contributed by atoms with Crippen molar-refractivity contribution in [3.05, 3.63) is 34.9 Å². The highest BCUT2D eigenvalue weighted by Crippen LogP contribution is 2.44. The van der Waals surface area contributed by atoms with Gasteiger partial charge in [0.15, 0.2) is 11.5 Å². The predicted molar refractivity (Wildman–Crippen MR) is 75.9 cm³/mol. The first-order valence-electron chi connectivity index (χ1n) is 5.60. The van der Waals surface area contributed by atoms with Crippen LogP contribution in [0.4, 0.5) is 5.69 Å². The molecule has 19 heavy (non-hydrogen) atoms. The lowest BCUT2D eigenvalue weighted by Gasteiger charge is -2.13. The number of benzene rings is 2. The van der Waals surface area contributed by atoms with Crippen molar-refractivity contribution in [3.63, 3.8) is 0 Å². The van der Waals surface area contributed by atoms with Crippen LogP contribution in [0.15, 0.2) is 24.3 Å². The molecule has 2 aromatic carbocycles. The number of rotatable bonds is 2. The van der Waals surface area contributed by atoms with Crippen molar-refractivity contribution < 1.29 is 14.9 Å². The molecule has 0 heterocycles. The molecule has 2 rings (SSSR count). The molecule has 100 valence electrons. The summed E-state index contributed by atoms with van der Waals surface area (Å²) in [6.45, 7) is 1.88. The zero-order chi connectivity index (χ0) is 14.2. The van der Waals surface area contributed by atoms with Gasteiger partial charge in [0.2, 0.25) is 0 Å². The van der Waals surface area contributed by atoms with E-state index in [4.69, 9.17) is 22.1 Å². The number of hydrogen-bond acceptors (Lipinski definition) is 4. The third kappa shape index (κ3) is 2.27. The highest BCUT2D eigenvalue weighted by molar-refractivity contribution is 6.35. The van der Waals surface area contributed by atoms with Crippen LogP contribution in [0.25, 0.3) is 11.1 Å². The number of methoxy groups -OCH3 is 1. The van der Waals surface area contributed by atoms with Gasteiger partial charge in [-0.2, -0.15) is 0 Å². The Morgan fingerprint density at radius 3 is 2.47 bits per heavy atom. The number of phenols is 2. The molecule has 4 nitrogen and oxygen atoms in total. The van der Waals surface area contributed by atoms with Gasteiger partial charge >= 0.3 is 0 Å². The van der Waals surface area contributed by atoms with Crippen molar-refractivity contribution in [2.24, 2.45) is 0 Å². The van der Waals surface area contributed by atoms with Crippen LogP contribution in [0.3, 0.4) is 0 Å². The molecule has 0 aliphatic carbocycles. The molecule has 0 bridgehead atoms. The molecule has 0 aliphatic heterocycles. The third-order valence-electron chi connectivity index (χ3n) is 2.89. The summed E-state index contributed by atoms with van der Waals surface area (Å²) in [7, 11) is 1.48. The fraction of sp³-hybridized carbons (Fsp3) is 0.143. The van der Waals surface area contributed by atoms with Gasteiger partial charge in [0.25, 0.3) is 0 Å². The maximum absolute atomic E-state index is 10.2. The number of aryl methyl sites for hydroxylation is 1. The first-order valence-corrected chi connectivity index (χ1v) is 5.98. The smallest absolute Gasteiger partial charge is 0.165 e. The molecule has 5 heteroatoms. The largest absolute Gasteiger partial charge is 0.506 e. The Balaban J connectivity index is 2.72. The van der Waals surface area contributed by atoms with Crippen LogP contribution in [0.1, 0.15) is 5.56 Å². The zero-order valence-electron chi connectivity index (χ0n) is 10.6. The zero-order valence-corrected chi connectivity index (χ0v) is 11.3. The van der Waals surface area contributed by atoms with Crippen LogP contribution in [0, 0.1) is 6.92 Å². The van der Waals surface area contributed by atoms with Crippen LogP contribution < -0.4 is 10.5 Å². The van der Waals surface area contributed by atoms with Crippen molar-refractivity contribution in [2.75, 3.05) is 12.8 Å². The number of phenolic OH excluding ortho intramolecular Hbond substituents is 2. The summed E-state index contributed by atoms with van der Waals surface area (Å²) >= 11 is 5.91. The van der Waals surface area contributed by atoms with E-state index in [2.05, 4.69) is 0 Å². The quantitative estimate of drug-likeness (QED) is 0.737. The molecule has 4 N–H and O–H groups in total. The summed E-state index contributed by atoms with van der Waals surface area (Å²) < 4.78 is 5.11. The SMILES string of the molecule is COc1cc(C)cc(-c2ccc(O)c(Cl)c2N)c1O. The topological polar surface area (TPSA) is 75.7 Å². The average molecular weight is 280 g/mol. The van der Waals surface area contributed by atoms with Gasteiger partial charge in [-0.25, -0.2) is 0 Å². The lowest BCUT2D eigenvalue weighted by Crippen LogP contribution is -1.94. The molecule has 0 fully saturated rings. The van der Waals surface area contributed by atoms with E-state index in [0.717, 1.165) is 5.56 Å². The van der Waals surface area contributed by atoms with Gasteiger partial charge < -0.3 is 20.7 Å². The third-order valence-corrected chi connectivity index (χ3v) is 3.29. The maximum atomic E-state index is 10.2. The van der Waals surface area contributed by atoms with Crippen LogP contribution >= 0.6 is 11.6 Å². The van der Waals surface area contributed by atoms with E-state index in [1.165, 1.54) is 13.2 Å². The second kappa shape index (κ2) is 4.90. The monoisotopic (exact) mass is 279 g/mol. The Kier molecular flexibility index (Phi) is 3.44. The number of aromatic hydroxyl groups is 2. The average Bonchev–Trinajstić information content (AvgIpc) is 2.39. The molecule has 0 saturated carbocycles. The summed E-state index contributed by atoms with van der Waals surface area (Å²) in [6.07, 6.45) is 0. The molecule has 0 spiro atoms. The Labute approximate surface area is 116 Å². The number of anilines is 1. The molecule has 0 aliphatic rings. The summed E-state index contributed by atoms with van der Waals surface area (Å²) in [5.41, 5.74) is 8.06. The molecule has 0 atom stereocenters. The van der Waals surface area contributed by atoms with E-state index in [0.29, 0.717) is 16.9 Å². The molecular formula is C14H14ClNO3. The Hall–Kier alpha value is -2.07. The Bertz CT molecular complexity index is 641. The van der Waals surface area contributed by atoms with Gasteiger partial charge in [-0.05, 0) is 36.8 Å². The Morgan fingerprint density at radius 1 is 1.16 bits per heavy atom. The second-order valence-electron chi connectivity index (χ2n) is 4.22. The van der Waals surface area contributed by atoms with E-state index in [1.54, 1.807) is 18.2 Å². The minimum Gasteiger partial charge on any atom is -0.506 e. The standard InChI is InChI=1S/C14H14ClNO3/c1-7-5-9(14(18)11(6-7)19-2)8-3-4-10(17)12(15)13(8)16/h3-6,17-18H,16H2,1-2H3. The van der Waals surface area contributed by atoms with Gasteiger partial charge in [0, 0.05) is 11.1 Å². The molecule has 0 radical (unpaired) electrons. The fourth-order valence-corrected chi connectivity index (χ4v) is 2.09. The molecule has 2 aromatic rings. The number of nitrogen functional groups attached to an aromatic ring is 1. The van der Waals surface area contributed by atoms with E-state index < -0.39 is 0 Å². The van der Waals surface area contributed by atoms with Crippen LogP contribution in [0.5, 0.6) is 17.2 Å². The lowest BCUT2D eigenvalue weighted by atomic mass is 10.00. The normalized spacial score (nSPS) is 10.5. The minimum absolute atomic E-state index is 0.0124.